The van der Waals surface area contributed by atoms with Crippen LogP contribution >= 0.6 is 0 Å². The lowest BCUT2D eigenvalue weighted by Crippen LogP contribution is -2.44. The molecule has 0 aromatic heterocycles. The Morgan fingerprint density at radius 3 is 2.54 bits per heavy atom. The average Bonchev–Trinajstić information content (AvgIpc) is 3.35. The fraction of sp³-hybridized carbons (Fsp3) is 0.474. The largest absolute Gasteiger partial charge is 0.452 e. The predicted octanol–water partition coefficient (Wildman–Crippen LogP) is 1.73. The first-order valence-electron chi connectivity index (χ1n) is 8.78. The number of carbonyl (C=O) groups is 2. The normalized spacial score (nSPS) is 21.7. The fourth-order valence-corrected chi connectivity index (χ4v) is 4.95. The Morgan fingerprint density at radius 1 is 1.19 bits per heavy atom. The molecule has 3 rings (SSSR count). The fourth-order valence-electron chi connectivity index (χ4n) is 3.24. The molecule has 26 heavy (non-hydrogen) atoms. The Bertz CT molecular complexity index is 826. The third-order valence-electron chi connectivity index (χ3n) is 4.76. The minimum atomic E-state index is -3.07. The number of hydrogen-bond acceptors (Lipinski definition) is 5. The Kier molecular flexibility index (Phi) is 5.46. The van der Waals surface area contributed by atoms with Crippen molar-refractivity contribution in [1.82, 2.24) is 4.90 Å². The molecule has 1 aliphatic carbocycles. The highest BCUT2D eigenvalue weighted by Gasteiger charge is 2.42. The second-order valence-corrected chi connectivity index (χ2v) is 9.12. The minimum absolute atomic E-state index is 0.0103. The highest BCUT2D eigenvalue weighted by Crippen LogP contribution is 2.32. The number of amides is 1. The zero-order chi connectivity index (χ0) is 18.7. The van der Waals surface area contributed by atoms with Crippen LogP contribution in [0.5, 0.6) is 0 Å². The molecule has 1 aliphatic heterocycles. The van der Waals surface area contributed by atoms with Crippen LogP contribution < -0.4 is 0 Å². The molecule has 6 nitrogen and oxygen atoms in total. The molecule has 2 fully saturated rings. The smallest absolute Gasteiger partial charge is 0.331 e. The van der Waals surface area contributed by atoms with E-state index in [0.29, 0.717) is 6.42 Å². The maximum atomic E-state index is 12.5. The molecule has 0 bridgehead atoms. The van der Waals surface area contributed by atoms with Crippen LogP contribution in [-0.4, -0.2) is 55.4 Å². The lowest BCUT2D eigenvalue weighted by atomic mass is 10.1. The highest BCUT2D eigenvalue weighted by molar-refractivity contribution is 7.91. The van der Waals surface area contributed by atoms with Gasteiger partial charge in [0.2, 0.25) is 0 Å². The first kappa shape index (κ1) is 18.6. The van der Waals surface area contributed by atoms with E-state index in [2.05, 4.69) is 0 Å². The van der Waals surface area contributed by atoms with E-state index in [1.54, 1.807) is 11.0 Å². The van der Waals surface area contributed by atoms with Crippen molar-refractivity contribution in [1.29, 1.82) is 0 Å². The topological polar surface area (TPSA) is 80.8 Å². The average molecular weight is 377 g/mol. The summed E-state index contributed by atoms with van der Waals surface area (Å²) in [5.41, 5.74) is 1.95. The summed E-state index contributed by atoms with van der Waals surface area (Å²) in [6, 6.07) is 7.42. The maximum Gasteiger partial charge on any atom is 0.331 e. The van der Waals surface area contributed by atoms with Gasteiger partial charge in [-0.2, -0.15) is 0 Å². The predicted molar refractivity (Wildman–Crippen MR) is 98.1 cm³/mol. The molecule has 1 heterocycles. The van der Waals surface area contributed by atoms with Crippen LogP contribution in [0.1, 0.15) is 30.4 Å². The molecule has 1 atom stereocenters. The molecular formula is C19H23NO5S. The summed E-state index contributed by atoms with van der Waals surface area (Å²) in [4.78, 5) is 26.0. The van der Waals surface area contributed by atoms with E-state index in [1.807, 2.05) is 31.2 Å². The number of ether oxygens (including phenoxy) is 1. The van der Waals surface area contributed by atoms with Crippen LogP contribution in [0.15, 0.2) is 30.3 Å². The second kappa shape index (κ2) is 7.61. The molecule has 1 amide bonds. The van der Waals surface area contributed by atoms with Crippen molar-refractivity contribution < 1.29 is 22.7 Å². The molecule has 1 aromatic rings. The number of nitrogens with zero attached hydrogens (tertiary/aromatic N) is 1. The van der Waals surface area contributed by atoms with Gasteiger partial charge in [-0.25, -0.2) is 13.2 Å². The molecule has 0 spiro atoms. The van der Waals surface area contributed by atoms with Crippen molar-refractivity contribution in [3.8, 4) is 0 Å². The lowest BCUT2D eigenvalue weighted by molar-refractivity contribution is -0.149. The van der Waals surface area contributed by atoms with Gasteiger partial charge in [0.1, 0.15) is 0 Å². The molecule has 7 heteroatoms. The maximum absolute atomic E-state index is 12.5. The van der Waals surface area contributed by atoms with Gasteiger partial charge in [-0.15, -0.1) is 0 Å². The number of rotatable bonds is 6. The highest BCUT2D eigenvalue weighted by atomic mass is 32.2. The van der Waals surface area contributed by atoms with E-state index in [9.17, 15) is 18.0 Å². The molecule has 2 aliphatic rings. The van der Waals surface area contributed by atoms with Crippen molar-refractivity contribution in [2.45, 2.75) is 38.3 Å². The second-order valence-electron chi connectivity index (χ2n) is 6.89. The van der Waals surface area contributed by atoms with Gasteiger partial charge in [0.05, 0.1) is 11.5 Å². The third-order valence-corrected chi connectivity index (χ3v) is 6.51. The molecule has 140 valence electrons. The van der Waals surface area contributed by atoms with E-state index in [-0.39, 0.29) is 36.1 Å². The summed E-state index contributed by atoms with van der Waals surface area (Å²) >= 11 is 0. The molecule has 0 N–H and O–H groups in total. The van der Waals surface area contributed by atoms with Crippen molar-refractivity contribution in [3.63, 3.8) is 0 Å². The van der Waals surface area contributed by atoms with Crippen LogP contribution in [0.4, 0.5) is 0 Å². The molecule has 1 saturated heterocycles. The molecule has 1 aromatic carbocycles. The van der Waals surface area contributed by atoms with Crippen molar-refractivity contribution in [3.05, 3.63) is 41.5 Å². The quantitative estimate of drug-likeness (QED) is 0.557. The summed E-state index contributed by atoms with van der Waals surface area (Å²) in [5, 5.41) is 0. The Balaban J connectivity index is 1.55. The minimum Gasteiger partial charge on any atom is -0.452 e. The Labute approximate surface area is 153 Å². The van der Waals surface area contributed by atoms with E-state index in [1.165, 1.54) is 6.08 Å². The summed E-state index contributed by atoms with van der Waals surface area (Å²) < 4.78 is 28.5. The molecule has 0 unspecified atom stereocenters. The van der Waals surface area contributed by atoms with Crippen LogP contribution in [0.25, 0.3) is 6.08 Å². The summed E-state index contributed by atoms with van der Waals surface area (Å²) in [7, 11) is -3.07. The van der Waals surface area contributed by atoms with Gasteiger partial charge in [-0.3, -0.25) is 4.79 Å². The van der Waals surface area contributed by atoms with Gasteiger partial charge in [0, 0.05) is 18.2 Å². The summed E-state index contributed by atoms with van der Waals surface area (Å²) in [6.07, 6.45) is 5.18. The summed E-state index contributed by atoms with van der Waals surface area (Å²) in [6.45, 7) is 1.59. The van der Waals surface area contributed by atoms with Gasteiger partial charge in [0.25, 0.3) is 5.91 Å². The standard InChI is InChI=1S/C19H23NO5S/c1-14-4-2-3-5-15(14)6-9-19(22)25-12-18(21)20(16-7-8-16)17-10-11-26(23,24)13-17/h2-6,9,16-17H,7-8,10-13H2,1H3/b9-6+/t17-/m1/s1. The molecular weight excluding hydrogens is 354 g/mol. The Morgan fingerprint density at radius 2 is 1.92 bits per heavy atom. The molecule has 1 saturated carbocycles. The first-order chi connectivity index (χ1) is 12.4. The first-order valence-corrected chi connectivity index (χ1v) is 10.6. The van der Waals surface area contributed by atoms with Crippen molar-refractivity contribution >= 4 is 27.8 Å². The number of carbonyl (C=O) groups excluding carboxylic acids is 2. The van der Waals surface area contributed by atoms with Gasteiger partial charge >= 0.3 is 5.97 Å². The zero-order valence-corrected chi connectivity index (χ0v) is 15.6. The number of hydrogen-bond donors (Lipinski definition) is 0. The van der Waals surface area contributed by atoms with Crippen LogP contribution in [-0.2, 0) is 24.2 Å². The molecule has 0 radical (unpaired) electrons. The van der Waals surface area contributed by atoms with Gasteiger partial charge in [-0.1, -0.05) is 24.3 Å². The number of aryl methyl sites for hydroxylation is 1. The van der Waals surface area contributed by atoms with Crippen LogP contribution in [0.3, 0.4) is 0 Å². The SMILES string of the molecule is Cc1ccccc1/C=C/C(=O)OCC(=O)N(C1CC1)[C@@H]1CCS(=O)(=O)C1. The summed E-state index contributed by atoms with van der Waals surface area (Å²) in [5.74, 6) is -0.771. The number of esters is 1. The van der Waals surface area contributed by atoms with E-state index >= 15 is 0 Å². The Hall–Kier alpha value is -2.15. The van der Waals surface area contributed by atoms with E-state index < -0.39 is 15.8 Å². The van der Waals surface area contributed by atoms with Crippen LogP contribution in [0.2, 0.25) is 0 Å². The lowest BCUT2D eigenvalue weighted by Gasteiger charge is -2.28. The van der Waals surface area contributed by atoms with E-state index in [4.69, 9.17) is 4.74 Å². The van der Waals surface area contributed by atoms with Crippen LogP contribution in [0, 0.1) is 6.92 Å². The third kappa shape index (κ3) is 4.72. The van der Waals surface area contributed by atoms with Gasteiger partial charge in [-0.05, 0) is 43.4 Å². The van der Waals surface area contributed by atoms with Gasteiger partial charge in [0.15, 0.2) is 16.4 Å². The number of benzene rings is 1. The van der Waals surface area contributed by atoms with Crippen molar-refractivity contribution in [2.75, 3.05) is 18.1 Å². The van der Waals surface area contributed by atoms with E-state index in [0.717, 1.165) is 24.0 Å². The van der Waals surface area contributed by atoms with Gasteiger partial charge < -0.3 is 9.64 Å². The van der Waals surface area contributed by atoms with Crippen molar-refractivity contribution in [2.24, 2.45) is 0 Å². The number of sulfone groups is 1. The zero-order valence-electron chi connectivity index (χ0n) is 14.8. The monoisotopic (exact) mass is 377 g/mol.